The Labute approximate surface area is 138 Å². The first-order valence-electron chi connectivity index (χ1n) is 7.62. The molecule has 1 aromatic heterocycles. The average molecular weight is 330 g/mol. The van der Waals surface area contributed by atoms with E-state index in [4.69, 9.17) is 9.84 Å². The summed E-state index contributed by atoms with van der Waals surface area (Å²) in [5, 5.41) is 16.0. The average Bonchev–Trinajstić information content (AvgIpc) is 3.24. The predicted molar refractivity (Wildman–Crippen MR) is 83.9 cm³/mol. The van der Waals surface area contributed by atoms with Crippen LogP contribution < -0.4 is 4.74 Å². The molecule has 1 fully saturated rings. The molecule has 1 aliphatic heterocycles. The summed E-state index contributed by atoms with van der Waals surface area (Å²) in [5.41, 5.74) is 0.931. The van der Waals surface area contributed by atoms with Gasteiger partial charge in [0, 0.05) is 19.0 Å². The van der Waals surface area contributed by atoms with Crippen LogP contribution in [0.15, 0.2) is 30.5 Å². The highest BCUT2D eigenvalue weighted by molar-refractivity contribution is 5.84. The Morgan fingerprint density at radius 1 is 1.38 bits per heavy atom. The monoisotopic (exact) mass is 330 g/mol. The van der Waals surface area contributed by atoms with Crippen LogP contribution >= 0.6 is 0 Å². The highest BCUT2D eigenvalue weighted by Gasteiger charge is 2.29. The third kappa shape index (κ3) is 3.22. The van der Waals surface area contributed by atoms with Crippen LogP contribution in [0.25, 0.3) is 0 Å². The molecule has 3 rings (SSSR count). The highest BCUT2D eigenvalue weighted by Crippen LogP contribution is 2.33. The second kappa shape index (κ2) is 6.69. The number of carboxylic acids is 1. The zero-order chi connectivity index (χ0) is 17.1. The van der Waals surface area contributed by atoms with Crippen LogP contribution in [0, 0.1) is 0 Å². The van der Waals surface area contributed by atoms with Gasteiger partial charge in [0.1, 0.15) is 12.3 Å². The third-order valence-corrected chi connectivity index (χ3v) is 4.17. The van der Waals surface area contributed by atoms with Crippen molar-refractivity contribution in [1.29, 1.82) is 0 Å². The van der Waals surface area contributed by atoms with Gasteiger partial charge in [-0.05, 0) is 18.1 Å². The molecule has 1 atom stereocenters. The first-order valence-corrected chi connectivity index (χ1v) is 7.62. The number of benzene rings is 1. The number of ether oxygens (including phenoxy) is 1. The number of rotatable bonds is 5. The molecule has 1 saturated heterocycles. The van der Waals surface area contributed by atoms with E-state index in [9.17, 15) is 9.59 Å². The third-order valence-electron chi connectivity index (χ3n) is 4.17. The van der Waals surface area contributed by atoms with Crippen LogP contribution in [0.3, 0.4) is 0 Å². The fraction of sp³-hybridized carbons (Fsp3) is 0.375. The van der Waals surface area contributed by atoms with Crippen molar-refractivity contribution < 1.29 is 19.4 Å². The van der Waals surface area contributed by atoms with E-state index in [0.717, 1.165) is 17.7 Å². The van der Waals surface area contributed by atoms with Gasteiger partial charge in [0.2, 0.25) is 5.91 Å². The maximum absolute atomic E-state index is 12.4. The predicted octanol–water partition coefficient (Wildman–Crippen LogP) is 1.00. The van der Waals surface area contributed by atoms with Gasteiger partial charge >= 0.3 is 5.97 Å². The van der Waals surface area contributed by atoms with Crippen molar-refractivity contribution in [3.05, 3.63) is 41.7 Å². The quantitative estimate of drug-likeness (QED) is 0.878. The van der Waals surface area contributed by atoms with E-state index in [1.807, 2.05) is 24.3 Å². The van der Waals surface area contributed by atoms with E-state index in [0.29, 0.717) is 13.1 Å². The maximum Gasteiger partial charge on any atom is 0.358 e. The summed E-state index contributed by atoms with van der Waals surface area (Å²) in [6.07, 6.45) is 2.12. The van der Waals surface area contributed by atoms with Crippen LogP contribution in [0.1, 0.15) is 28.4 Å². The Morgan fingerprint density at radius 2 is 2.17 bits per heavy atom. The number of hydrogen-bond donors (Lipinski definition) is 1. The summed E-state index contributed by atoms with van der Waals surface area (Å²) in [7, 11) is 1.64. The molecule has 0 bridgehead atoms. The van der Waals surface area contributed by atoms with Crippen molar-refractivity contribution in [2.45, 2.75) is 18.9 Å². The molecule has 1 unspecified atom stereocenters. The number of nitrogens with zero attached hydrogens (tertiary/aromatic N) is 4. The Morgan fingerprint density at radius 3 is 2.88 bits per heavy atom. The van der Waals surface area contributed by atoms with Gasteiger partial charge in [0.05, 0.1) is 13.3 Å². The molecule has 1 amide bonds. The van der Waals surface area contributed by atoms with Gasteiger partial charge in [0.15, 0.2) is 5.69 Å². The van der Waals surface area contributed by atoms with Crippen molar-refractivity contribution >= 4 is 11.9 Å². The van der Waals surface area contributed by atoms with Crippen LogP contribution in [-0.2, 0) is 11.3 Å². The topological polar surface area (TPSA) is 97.5 Å². The number of carbonyl (C=O) groups is 2. The van der Waals surface area contributed by atoms with E-state index in [-0.39, 0.29) is 24.1 Å². The number of para-hydroxylation sites is 1. The second-order valence-electron chi connectivity index (χ2n) is 5.67. The molecule has 0 saturated carbocycles. The summed E-state index contributed by atoms with van der Waals surface area (Å²) >= 11 is 0. The molecule has 0 spiro atoms. The lowest BCUT2D eigenvalue weighted by Gasteiger charge is -2.17. The van der Waals surface area contributed by atoms with Crippen LogP contribution in [-0.4, -0.2) is 57.1 Å². The SMILES string of the molecule is COc1ccccc1C1CCN(C(=O)Cn2cc(C(=O)O)nn2)C1. The lowest BCUT2D eigenvalue weighted by atomic mass is 9.97. The van der Waals surface area contributed by atoms with Gasteiger partial charge < -0.3 is 14.7 Å². The zero-order valence-corrected chi connectivity index (χ0v) is 13.3. The fourth-order valence-corrected chi connectivity index (χ4v) is 2.96. The maximum atomic E-state index is 12.4. The Bertz CT molecular complexity index is 758. The van der Waals surface area contributed by atoms with Gasteiger partial charge in [-0.15, -0.1) is 5.10 Å². The van der Waals surface area contributed by atoms with Gasteiger partial charge in [-0.25, -0.2) is 9.48 Å². The van der Waals surface area contributed by atoms with Crippen molar-refractivity contribution in [2.24, 2.45) is 0 Å². The summed E-state index contributed by atoms with van der Waals surface area (Å²) < 4.78 is 6.65. The van der Waals surface area contributed by atoms with Crippen LogP contribution in [0.4, 0.5) is 0 Å². The number of methoxy groups -OCH3 is 1. The first-order chi connectivity index (χ1) is 11.6. The van der Waals surface area contributed by atoms with Crippen molar-refractivity contribution in [3.8, 4) is 5.75 Å². The highest BCUT2D eigenvalue weighted by atomic mass is 16.5. The van der Waals surface area contributed by atoms with E-state index in [1.165, 1.54) is 10.9 Å². The van der Waals surface area contributed by atoms with Crippen molar-refractivity contribution in [2.75, 3.05) is 20.2 Å². The molecule has 8 nitrogen and oxygen atoms in total. The summed E-state index contributed by atoms with van der Waals surface area (Å²) in [4.78, 5) is 24.9. The van der Waals surface area contributed by atoms with Crippen molar-refractivity contribution in [1.82, 2.24) is 19.9 Å². The molecule has 0 radical (unpaired) electrons. The summed E-state index contributed by atoms with van der Waals surface area (Å²) in [6, 6.07) is 7.83. The summed E-state index contributed by atoms with van der Waals surface area (Å²) in [6.45, 7) is 1.25. The zero-order valence-electron chi connectivity index (χ0n) is 13.3. The van der Waals surface area contributed by atoms with E-state index < -0.39 is 5.97 Å². The normalized spacial score (nSPS) is 17.0. The van der Waals surface area contributed by atoms with E-state index in [2.05, 4.69) is 10.3 Å². The van der Waals surface area contributed by atoms with E-state index in [1.54, 1.807) is 12.0 Å². The molecule has 2 aromatic rings. The number of amides is 1. The fourth-order valence-electron chi connectivity index (χ4n) is 2.96. The number of carboxylic acid groups (broad SMARTS) is 1. The second-order valence-corrected chi connectivity index (χ2v) is 5.67. The molecule has 0 aliphatic carbocycles. The van der Waals surface area contributed by atoms with Gasteiger partial charge in [-0.2, -0.15) is 0 Å². The molecule has 1 N–H and O–H groups in total. The standard InChI is InChI=1S/C16H18N4O4/c1-24-14-5-3-2-4-12(14)11-6-7-19(8-11)15(21)10-20-9-13(16(22)23)17-18-20/h2-5,9,11H,6-8,10H2,1H3,(H,22,23). The summed E-state index contributed by atoms with van der Waals surface area (Å²) in [5.74, 6) is -0.199. The number of aromatic nitrogens is 3. The molecule has 2 heterocycles. The number of aromatic carboxylic acids is 1. The molecule has 1 aromatic carbocycles. The number of carbonyl (C=O) groups excluding carboxylic acids is 1. The van der Waals surface area contributed by atoms with Gasteiger partial charge in [0.25, 0.3) is 0 Å². The minimum atomic E-state index is -1.16. The van der Waals surface area contributed by atoms with Gasteiger partial charge in [-0.3, -0.25) is 4.79 Å². The van der Waals surface area contributed by atoms with Crippen molar-refractivity contribution in [3.63, 3.8) is 0 Å². The largest absolute Gasteiger partial charge is 0.496 e. The minimum absolute atomic E-state index is 0.0150. The Kier molecular flexibility index (Phi) is 4.45. The number of likely N-dealkylation sites (tertiary alicyclic amines) is 1. The molecule has 126 valence electrons. The molecular weight excluding hydrogens is 312 g/mol. The number of hydrogen-bond acceptors (Lipinski definition) is 5. The van der Waals surface area contributed by atoms with Crippen LogP contribution in [0.5, 0.6) is 5.75 Å². The minimum Gasteiger partial charge on any atom is -0.496 e. The van der Waals surface area contributed by atoms with E-state index >= 15 is 0 Å². The first kappa shape index (κ1) is 16.0. The Hall–Kier alpha value is -2.90. The van der Waals surface area contributed by atoms with Gasteiger partial charge in [-0.1, -0.05) is 23.4 Å². The molecule has 24 heavy (non-hydrogen) atoms. The molecule has 1 aliphatic rings. The molecule has 8 heteroatoms. The lowest BCUT2D eigenvalue weighted by Crippen LogP contribution is -2.32. The molecular formula is C16H18N4O4. The lowest BCUT2D eigenvalue weighted by molar-refractivity contribution is -0.131. The smallest absolute Gasteiger partial charge is 0.358 e. The Balaban J connectivity index is 1.64. The van der Waals surface area contributed by atoms with Crippen LogP contribution in [0.2, 0.25) is 0 Å².